The van der Waals surface area contributed by atoms with Gasteiger partial charge in [-0.2, -0.15) is 0 Å². The molecule has 0 unspecified atom stereocenters. The summed E-state index contributed by atoms with van der Waals surface area (Å²) >= 11 is 6.25. The van der Waals surface area contributed by atoms with Gasteiger partial charge in [0.15, 0.2) is 12.5 Å². The van der Waals surface area contributed by atoms with E-state index in [4.69, 9.17) is 16.3 Å². The van der Waals surface area contributed by atoms with Crippen LogP contribution in [0.4, 0.5) is 11.5 Å². The minimum Gasteiger partial charge on any atom is -0.494 e. The van der Waals surface area contributed by atoms with Crippen LogP contribution >= 0.6 is 11.6 Å². The highest BCUT2D eigenvalue weighted by Gasteiger charge is 2.24. The number of aliphatic imine (C=N–C) groups is 1. The van der Waals surface area contributed by atoms with Gasteiger partial charge in [0.25, 0.3) is 5.91 Å². The first-order chi connectivity index (χ1) is 16.0. The van der Waals surface area contributed by atoms with Crippen LogP contribution in [0.5, 0.6) is 11.6 Å². The molecule has 33 heavy (non-hydrogen) atoms. The molecule has 6 rings (SSSR count). The summed E-state index contributed by atoms with van der Waals surface area (Å²) in [7, 11) is 0. The molecule has 0 aliphatic carbocycles. The first-order valence-electron chi connectivity index (χ1n) is 10.8. The molecular formula is C22H24ClN7O3. The van der Waals surface area contributed by atoms with E-state index in [1.54, 1.807) is 24.4 Å². The molecule has 2 aromatic heterocycles. The van der Waals surface area contributed by atoms with Gasteiger partial charge in [-0.15, -0.1) is 0 Å². The lowest BCUT2D eigenvalue weighted by Gasteiger charge is -2.36. The van der Waals surface area contributed by atoms with Gasteiger partial charge >= 0.3 is 0 Å². The number of hydrogen-bond donors (Lipinski definition) is 3. The zero-order valence-electron chi connectivity index (χ0n) is 18.1. The lowest BCUT2D eigenvalue weighted by Crippen LogP contribution is -2.51. The molecule has 0 spiro atoms. The third-order valence-electron chi connectivity index (χ3n) is 5.82. The van der Waals surface area contributed by atoms with Crippen molar-refractivity contribution >= 4 is 46.3 Å². The third-order valence-corrected chi connectivity index (χ3v) is 6.13. The SMILES string of the molecule is C[C@H]1CN2CCN(CC2)c2ncnc3[nH]c(O)c(c23)C=Nc2ccc(Cl)c(c2)OCC(=O)N1. The van der Waals surface area contributed by atoms with E-state index in [0.29, 0.717) is 27.7 Å². The van der Waals surface area contributed by atoms with Gasteiger partial charge in [-0.05, 0) is 19.1 Å². The van der Waals surface area contributed by atoms with Crippen molar-refractivity contribution in [2.24, 2.45) is 4.99 Å². The number of rotatable bonds is 0. The highest BCUT2D eigenvalue weighted by Crippen LogP contribution is 2.33. The minimum absolute atomic E-state index is 0.0283. The normalized spacial score (nSPS) is 21.4. The molecule has 4 bridgehead atoms. The van der Waals surface area contributed by atoms with Crippen LogP contribution in [0.25, 0.3) is 11.0 Å². The standard InChI is InChI=1S/C22H24ClN7O3/c1-13-10-29-4-6-30(7-5-29)21-19-15(22(32)28-20(19)25-12-26-21)9-24-14-2-3-16(23)17(8-14)33-11-18(31)27-13/h2-3,8-9,12-13,32H,4-7,10-11H2,1H3,(H,27,31)(H,25,26,28)/t13-/m0/s1. The molecule has 5 heterocycles. The second-order valence-electron chi connectivity index (χ2n) is 8.23. The number of carbonyl (C=O) groups is 1. The molecular weight excluding hydrogens is 446 g/mol. The van der Waals surface area contributed by atoms with E-state index in [1.807, 2.05) is 6.92 Å². The molecule has 0 radical (unpaired) electrons. The molecule has 10 nitrogen and oxygen atoms in total. The van der Waals surface area contributed by atoms with Crippen molar-refractivity contribution in [1.82, 2.24) is 25.2 Å². The lowest BCUT2D eigenvalue weighted by molar-refractivity contribution is -0.123. The number of carbonyl (C=O) groups excluding carboxylic acids is 1. The fourth-order valence-electron chi connectivity index (χ4n) is 4.24. The Labute approximate surface area is 195 Å². The number of aromatic nitrogens is 3. The maximum atomic E-state index is 12.4. The summed E-state index contributed by atoms with van der Waals surface area (Å²) in [6.45, 7) is 5.74. The van der Waals surface area contributed by atoms with Crippen molar-refractivity contribution in [2.45, 2.75) is 13.0 Å². The summed E-state index contributed by atoms with van der Waals surface area (Å²) in [5.41, 5.74) is 1.62. The first kappa shape index (κ1) is 21.5. The largest absolute Gasteiger partial charge is 0.494 e. The van der Waals surface area contributed by atoms with Gasteiger partial charge < -0.3 is 25.0 Å². The van der Waals surface area contributed by atoms with Crippen molar-refractivity contribution in [3.63, 3.8) is 0 Å². The molecule has 3 aromatic rings. The third kappa shape index (κ3) is 4.44. The zero-order chi connectivity index (χ0) is 22.9. The van der Waals surface area contributed by atoms with Crippen LogP contribution in [0.2, 0.25) is 5.02 Å². The Morgan fingerprint density at radius 3 is 2.85 bits per heavy atom. The van der Waals surface area contributed by atoms with Gasteiger partial charge in [-0.3, -0.25) is 14.7 Å². The fourth-order valence-corrected chi connectivity index (χ4v) is 4.41. The van der Waals surface area contributed by atoms with Crippen molar-refractivity contribution in [3.8, 4) is 11.6 Å². The highest BCUT2D eigenvalue weighted by molar-refractivity contribution is 6.32. The molecule has 172 valence electrons. The van der Waals surface area contributed by atoms with Gasteiger partial charge in [-0.25, -0.2) is 9.97 Å². The number of aromatic hydroxyl groups is 1. The van der Waals surface area contributed by atoms with Crippen LogP contribution in [0.3, 0.4) is 0 Å². The Morgan fingerprint density at radius 1 is 1.21 bits per heavy atom. The summed E-state index contributed by atoms with van der Waals surface area (Å²) in [5.74, 6) is 0.869. The molecule has 3 N–H and O–H groups in total. The summed E-state index contributed by atoms with van der Waals surface area (Å²) in [6, 6.07) is 5.01. The predicted molar refractivity (Wildman–Crippen MR) is 126 cm³/mol. The topological polar surface area (TPSA) is 119 Å². The van der Waals surface area contributed by atoms with Crippen molar-refractivity contribution in [2.75, 3.05) is 44.2 Å². The van der Waals surface area contributed by atoms with Crippen LogP contribution in [0.1, 0.15) is 12.5 Å². The van der Waals surface area contributed by atoms with E-state index in [2.05, 4.69) is 35.1 Å². The summed E-state index contributed by atoms with van der Waals surface area (Å²) in [5, 5.41) is 14.6. The van der Waals surface area contributed by atoms with Crippen LogP contribution < -0.4 is 15.0 Å². The number of nitrogens with zero attached hydrogens (tertiary/aromatic N) is 5. The second kappa shape index (κ2) is 8.87. The van der Waals surface area contributed by atoms with Crippen LogP contribution in [-0.2, 0) is 4.79 Å². The Kier molecular flexibility index (Phi) is 5.77. The fraction of sp³-hybridized carbons (Fsp3) is 0.364. The summed E-state index contributed by atoms with van der Waals surface area (Å²) < 4.78 is 5.65. The van der Waals surface area contributed by atoms with E-state index >= 15 is 0 Å². The molecule has 3 aliphatic heterocycles. The Bertz CT molecular complexity index is 1220. The Morgan fingerprint density at radius 2 is 2.03 bits per heavy atom. The number of anilines is 1. The summed E-state index contributed by atoms with van der Waals surface area (Å²) in [6.07, 6.45) is 3.06. The Balaban J connectivity index is 1.57. The predicted octanol–water partition coefficient (Wildman–Crippen LogP) is 2.09. The number of benzene rings is 1. The Hall–Kier alpha value is -3.37. The number of fused-ring (bicyclic) bond motifs is 7. The molecule has 0 saturated carbocycles. The van der Waals surface area contributed by atoms with E-state index in [-0.39, 0.29) is 24.4 Å². The molecule has 11 heteroatoms. The number of nitrogens with one attached hydrogen (secondary N) is 2. The van der Waals surface area contributed by atoms with Crippen molar-refractivity contribution < 1.29 is 14.6 Å². The van der Waals surface area contributed by atoms with Crippen molar-refractivity contribution in [1.29, 1.82) is 0 Å². The number of halogens is 1. The molecule has 1 atom stereocenters. The van der Waals surface area contributed by atoms with Gasteiger partial charge in [0.05, 0.1) is 21.7 Å². The quantitative estimate of drug-likeness (QED) is 0.461. The maximum Gasteiger partial charge on any atom is 0.258 e. The molecule has 3 aliphatic rings. The molecule has 1 saturated heterocycles. The highest BCUT2D eigenvalue weighted by atomic mass is 35.5. The molecule has 1 aromatic carbocycles. The average Bonchev–Trinajstić information content (AvgIpc) is 3.12. The minimum atomic E-state index is -0.211. The molecule has 1 amide bonds. The van der Waals surface area contributed by atoms with Gasteiger partial charge in [0, 0.05) is 51.0 Å². The number of hydrogen-bond acceptors (Lipinski definition) is 8. The monoisotopic (exact) mass is 469 g/mol. The zero-order valence-corrected chi connectivity index (χ0v) is 18.8. The number of aromatic amines is 1. The maximum absolute atomic E-state index is 12.4. The van der Waals surface area contributed by atoms with Crippen LogP contribution in [-0.4, -0.2) is 82.5 Å². The van der Waals surface area contributed by atoms with E-state index in [0.717, 1.165) is 43.9 Å². The van der Waals surface area contributed by atoms with Gasteiger partial charge in [0.1, 0.15) is 23.5 Å². The smallest absolute Gasteiger partial charge is 0.258 e. The number of piperazine rings is 1. The number of H-pyrrole nitrogens is 1. The van der Waals surface area contributed by atoms with E-state index < -0.39 is 0 Å². The van der Waals surface area contributed by atoms with Crippen molar-refractivity contribution in [3.05, 3.63) is 35.1 Å². The average molecular weight is 470 g/mol. The lowest BCUT2D eigenvalue weighted by atomic mass is 10.2. The van der Waals surface area contributed by atoms with Gasteiger partial charge in [-0.1, -0.05) is 11.6 Å². The van der Waals surface area contributed by atoms with Crippen LogP contribution in [0, 0.1) is 0 Å². The van der Waals surface area contributed by atoms with E-state index in [1.165, 1.54) is 6.33 Å². The second-order valence-corrected chi connectivity index (χ2v) is 8.63. The summed E-state index contributed by atoms with van der Waals surface area (Å²) in [4.78, 5) is 33.1. The number of ether oxygens (including phenoxy) is 1. The first-order valence-corrected chi connectivity index (χ1v) is 11.1. The van der Waals surface area contributed by atoms with Gasteiger partial charge in [0.2, 0.25) is 0 Å². The number of amides is 1. The molecule has 1 fully saturated rings. The van der Waals surface area contributed by atoms with Crippen LogP contribution in [0.15, 0.2) is 29.5 Å². The van der Waals surface area contributed by atoms with E-state index in [9.17, 15) is 9.90 Å².